The first-order valence-corrected chi connectivity index (χ1v) is 6.18. The molecule has 3 nitrogen and oxygen atoms in total. The highest BCUT2D eigenvalue weighted by Gasteiger charge is 2.04. The van der Waals surface area contributed by atoms with Crippen LogP contribution < -0.4 is 5.32 Å². The lowest BCUT2D eigenvalue weighted by molar-refractivity contribution is -0.118. The second-order valence-corrected chi connectivity index (χ2v) is 4.93. The van der Waals surface area contributed by atoms with Gasteiger partial charge in [0, 0.05) is 23.5 Å². The Morgan fingerprint density at radius 2 is 2.19 bits per heavy atom. The SMILES string of the molecule is CC(=O)NCC=Cc1cc(Br)cc(Br)c1O. The van der Waals surface area contributed by atoms with E-state index in [1.807, 2.05) is 0 Å². The van der Waals surface area contributed by atoms with Crippen molar-refractivity contribution in [2.24, 2.45) is 0 Å². The highest BCUT2D eigenvalue weighted by molar-refractivity contribution is 9.11. The van der Waals surface area contributed by atoms with Crippen molar-refractivity contribution in [2.45, 2.75) is 6.92 Å². The van der Waals surface area contributed by atoms with Gasteiger partial charge >= 0.3 is 0 Å². The predicted molar refractivity (Wildman–Crippen MR) is 71.2 cm³/mol. The number of halogens is 2. The number of amides is 1. The van der Waals surface area contributed by atoms with Gasteiger partial charge < -0.3 is 10.4 Å². The van der Waals surface area contributed by atoms with Gasteiger partial charge in [-0.3, -0.25) is 4.79 Å². The third-order valence-electron chi connectivity index (χ3n) is 1.82. The normalized spacial score (nSPS) is 10.7. The molecule has 0 bridgehead atoms. The van der Waals surface area contributed by atoms with Crippen LogP contribution in [-0.2, 0) is 4.79 Å². The van der Waals surface area contributed by atoms with E-state index in [1.54, 1.807) is 24.3 Å². The second-order valence-electron chi connectivity index (χ2n) is 3.16. The number of phenolic OH excluding ortho intramolecular Hbond substituents is 1. The molecule has 0 aliphatic carbocycles. The molecular weight excluding hydrogens is 338 g/mol. The Kier molecular flexibility index (Phi) is 5.02. The lowest BCUT2D eigenvalue weighted by Gasteiger charge is -2.03. The summed E-state index contributed by atoms with van der Waals surface area (Å²) >= 11 is 6.58. The summed E-state index contributed by atoms with van der Waals surface area (Å²) in [6.07, 6.45) is 3.52. The largest absolute Gasteiger partial charge is 0.506 e. The number of nitrogens with one attached hydrogen (secondary N) is 1. The number of rotatable bonds is 3. The van der Waals surface area contributed by atoms with Gasteiger partial charge in [0.2, 0.25) is 5.91 Å². The summed E-state index contributed by atoms with van der Waals surface area (Å²) in [5, 5.41) is 12.4. The van der Waals surface area contributed by atoms with Gasteiger partial charge in [0.05, 0.1) is 4.47 Å². The highest BCUT2D eigenvalue weighted by Crippen LogP contribution is 2.32. The molecule has 0 heterocycles. The summed E-state index contributed by atoms with van der Waals surface area (Å²) in [4.78, 5) is 10.6. The van der Waals surface area contributed by atoms with E-state index in [0.29, 0.717) is 16.6 Å². The minimum atomic E-state index is -0.0794. The molecule has 0 saturated heterocycles. The van der Waals surface area contributed by atoms with Gasteiger partial charge in [0.1, 0.15) is 5.75 Å². The fourth-order valence-electron chi connectivity index (χ4n) is 1.10. The summed E-state index contributed by atoms with van der Waals surface area (Å²) in [6.45, 7) is 1.90. The van der Waals surface area contributed by atoms with Gasteiger partial charge in [-0.25, -0.2) is 0 Å². The van der Waals surface area contributed by atoms with Crippen molar-refractivity contribution in [3.8, 4) is 5.75 Å². The van der Waals surface area contributed by atoms with E-state index in [9.17, 15) is 9.90 Å². The maximum absolute atomic E-state index is 10.6. The van der Waals surface area contributed by atoms with Crippen molar-refractivity contribution >= 4 is 43.8 Å². The van der Waals surface area contributed by atoms with Crippen LogP contribution in [0.5, 0.6) is 5.75 Å². The van der Waals surface area contributed by atoms with Crippen LogP contribution in [0.3, 0.4) is 0 Å². The Balaban J connectivity index is 2.77. The fourth-order valence-corrected chi connectivity index (χ4v) is 2.36. The third kappa shape index (κ3) is 3.98. The first-order chi connectivity index (χ1) is 7.50. The number of benzene rings is 1. The smallest absolute Gasteiger partial charge is 0.217 e. The second kappa shape index (κ2) is 6.06. The minimum Gasteiger partial charge on any atom is -0.506 e. The Morgan fingerprint density at radius 1 is 1.50 bits per heavy atom. The molecule has 0 atom stereocenters. The number of aromatic hydroxyl groups is 1. The summed E-state index contributed by atoms with van der Waals surface area (Å²) in [5.41, 5.74) is 0.687. The van der Waals surface area contributed by atoms with Crippen LogP contribution in [0.4, 0.5) is 0 Å². The van der Waals surface area contributed by atoms with E-state index in [4.69, 9.17) is 0 Å². The molecule has 0 aliphatic rings. The molecule has 0 saturated carbocycles. The molecule has 1 aromatic rings. The molecule has 0 unspecified atom stereocenters. The van der Waals surface area contributed by atoms with Crippen molar-refractivity contribution < 1.29 is 9.90 Å². The lowest BCUT2D eigenvalue weighted by Crippen LogP contribution is -2.19. The first-order valence-electron chi connectivity index (χ1n) is 4.59. The zero-order valence-electron chi connectivity index (χ0n) is 8.63. The monoisotopic (exact) mass is 347 g/mol. The molecule has 0 spiro atoms. The van der Waals surface area contributed by atoms with Crippen molar-refractivity contribution in [3.63, 3.8) is 0 Å². The van der Waals surface area contributed by atoms with Crippen LogP contribution in [0.1, 0.15) is 12.5 Å². The molecule has 0 radical (unpaired) electrons. The summed E-state index contributed by atoms with van der Waals surface area (Å²) < 4.78 is 1.50. The Hall–Kier alpha value is -0.810. The zero-order chi connectivity index (χ0) is 12.1. The van der Waals surface area contributed by atoms with Crippen molar-refractivity contribution in [1.29, 1.82) is 0 Å². The molecule has 0 aromatic heterocycles. The van der Waals surface area contributed by atoms with Crippen LogP contribution in [-0.4, -0.2) is 17.6 Å². The van der Waals surface area contributed by atoms with E-state index < -0.39 is 0 Å². The van der Waals surface area contributed by atoms with Gasteiger partial charge in [-0.1, -0.05) is 28.1 Å². The van der Waals surface area contributed by atoms with Crippen LogP contribution in [0.2, 0.25) is 0 Å². The molecule has 0 fully saturated rings. The molecule has 1 amide bonds. The molecule has 86 valence electrons. The van der Waals surface area contributed by atoms with Crippen molar-refractivity contribution in [1.82, 2.24) is 5.32 Å². The van der Waals surface area contributed by atoms with E-state index in [2.05, 4.69) is 37.2 Å². The summed E-state index contributed by atoms with van der Waals surface area (Å²) in [5.74, 6) is 0.103. The molecule has 16 heavy (non-hydrogen) atoms. The number of phenols is 1. The van der Waals surface area contributed by atoms with Gasteiger partial charge in [-0.2, -0.15) is 0 Å². The topological polar surface area (TPSA) is 49.3 Å². The zero-order valence-corrected chi connectivity index (χ0v) is 11.8. The first kappa shape index (κ1) is 13.3. The van der Waals surface area contributed by atoms with Crippen LogP contribution in [0, 0.1) is 0 Å². The summed E-state index contributed by atoms with van der Waals surface area (Å²) in [6, 6.07) is 3.56. The van der Waals surface area contributed by atoms with E-state index >= 15 is 0 Å². The van der Waals surface area contributed by atoms with E-state index in [-0.39, 0.29) is 11.7 Å². The van der Waals surface area contributed by atoms with E-state index in [0.717, 1.165) is 4.47 Å². The standard InChI is InChI=1S/C11H11Br2NO2/c1-7(15)14-4-2-3-8-5-9(12)6-10(13)11(8)16/h2-3,5-6,16H,4H2,1H3,(H,14,15). The molecule has 1 rings (SSSR count). The average molecular weight is 349 g/mol. The maximum atomic E-state index is 10.6. The quantitative estimate of drug-likeness (QED) is 0.881. The van der Waals surface area contributed by atoms with Gasteiger partial charge in [-0.15, -0.1) is 0 Å². The minimum absolute atomic E-state index is 0.0794. The van der Waals surface area contributed by atoms with Crippen LogP contribution in [0.25, 0.3) is 6.08 Å². The molecule has 0 aliphatic heterocycles. The molecule has 1 aromatic carbocycles. The molecular formula is C11H11Br2NO2. The number of carbonyl (C=O) groups excluding carboxylic acids is 1. The van der Waals surface area contributed by atoms with Crippen LogP contribution in [0.15, 0.2) is 27.2 Å². The number of carbonyl (C=O) groups is 1. The molecule has 2 N–H and O–H groups in total. The van der Waals surface area contributed by atoms with E-state index in [1.165, 1.54) is 6.92 Å². The highest BCUT2D eigenvalue weighted by atomic mass is 79.9. The summed E-state index contributed by atoms with van der Waals surface area (Å²) in [7, 11) is 0. The van der Waals surface area contributed by atoms with Gasteiger partial charge in [0.25, 0.3) is 0 Å². The van der Waals surface area contributed by atoms with Gasteiger partial charge in [-0.05, 0) is 28.1 Å². The van der Waals surface area contributed by atoms with Crippen LogP contribution >= 0.6 is 31.9 Å². The average Bonchev–Trinajstić information content (AvgIpc) is 2.19. The Bertz CT molecular complexity index is 430. The molecule has 5 heteroatoms. The van der Waals surface area contributed by atoms with Crippen molar-refractivity contribution in [2.75, 3.05) is 6.54 Å². The third-order valence-corrected chi connectivity index (χ3v) is 2.89. The van der Waals surface area contributed by atoms with Crippen molar-refractivity contribution in [3.05, 3.63) is 32.7 Å². The number of hydrogen-bond donors (Lipinski definition) is 2. The Labute approximate surface area is 111 Å². The predicted octanol–water partition coefficient (Wildman–Crippen LogP) is 3.07. The van der Waals surface area contributed by atoms with Gasteiger partial charge in [0.15, 0.2) is 0 Å². The number of hydrogen-bond acceptors (Lipinski definition) is 2. The lowest BCUT2D eigenvalue weighted by atomic mass is 10.2. The fraction of sp³-hybridized carbons (Fsp3) is 0.182. The Morgan fingerprint density at radius 3 is 2.81 bits per heavy atom. The maximum Gasteiger partial charge on any atom is 0.217 e.